The molecule has 0 bridgehead atoms. The Morgan fingerprint density at radius 3 is 2.40 bits per heavy atom. The van der Waals surface area contributed by atoms with Crippen LogP contribution in [0.2, 0.25) is 0 Å². The minimum Gasteiger partial charge on any atom is -0.508 e. The highest BCUT2D eigenvalue weighted by Crippen LogP contribution is 2.34. The Morgan fingerprint density at radius 2 is 1.73 bits per heavy atom. The molecule has 3 atom stereocenters. The summed E-state index contributed by atoms with van der Waals surface area (Å²) in [6.07, 6.45) is 5.96. The first kappa shape index (κ1) is 32.1. The minimum atomic E-state index is -1.17. The molecule has 2 unspecified atom stereocenters. The smallest absolute Gasteiger partial charge is 0.328 e. The lowest BCUT2D eigenvalue weighted by Gasteiger charge is -2.46. The van der Waals surface area contributed by atoms with E-state index in [1.54, 1.807) is 15.9 Å². The van der Waals surface area contributed by atoms with Crippen LogP contribution < -0.4 is 16.3 Å². The maximum atomic E-state index is 14.4. The number of nitrogens with zero attached hydrogens (tertiary/aromatic N) is 5. The first-order valence-corrected chi connectivity index (χ1v) is 17.8. The molecule has 3 saturated heterocycles. The fourth-order valence-electron chi connectivity index (χ4n) is 7.20. The molecule has 3 aliphatic heterocycles. The van der Waals surface area contributed by atoms with Gasteiger partial charge in [0.2, 0.25) is 5.91 Å². The van der Waals surface area contributed by atoms with Crippen LogP contribution in [-0.4, -0.2) is 103 Å². The van der Waals surface area contributed by atoms with Crippen molar-refractivity contribution in [2.45, 2.75) is 61.1 Å². The van der Waals surface area contributed by atoms with Crippen molar-refractivity contribution in [2.75, 3.05) is 49.5 Å². The number of aromatic amines is 1. The lowest BCUT2D eigenvalue weighted by Crippen LogP contribution is -2.65. The Labute approximate surface area is 279 Å². The zero-order chi connectivity index (χ0) is 31.7. The Kier molecular flexibility index (Phi) is 9.60. The second-order valence-electron chi connectivity index (χ2n) is 12.4. The third-order valence-electron chi connectivity index (χ3n) is 9.73. The molecule has 2 aromatic carbocycles. The number of benzene rings is 2. The molecule has 0 spiro atoms. The molecule has 1 aromatic heterocycles. The van der Waals surface area contributed by atoms with Crippen molar-refractivity contribution in [1.29, 1.82) is 0 Å². The average molecular weight is 748 g/mol. The number of phenolic OH excluding ortho intramolecular Hbond substituents is 1. The van der Waals surface area contributed by atoms with Crippen molar-refractivity contribution in [3.8, 4) is 5.75 Å². The summed E-state index contributed by atoms with van der Waals surface area (Å²) in [5.41, 5.74) is 7.07. The van der Waals surface area contributed by atoms with Gasteiger partial charge >= 0.3 is 11.7 Å². The summed E-state index contributed by atoms with van der Waals surface area (Å²) >= 11 is 7.29. The molecule has 4 heterocycles. The molecule has 3 aromatic rings. The number of alkyl halides is 2. The number of aromatic nitrogens is 2. The second kappa shape index (κ2) is 13.5. The monoisotopic (exact) mass is 745 g/mol. The van der Waals surface area contributed by atoms with Crippen LogP contribution in [0.1, 0.15) is 38.5 Å². The van der Waals surface area contributed by atoms with E-state index >= 15 is 0 Å². The Bertz CT molecular complexity index is 1570. The molecule has 3 aliphatic rings. The summed E-state index contributed by atoms with van der Waals surface area (Å²) in [5.74, 6) is -0.0378. The molecule has 242 valence electrons. The number of nitrogens with one attached hydrogen (secondary N) is 1. The number of H-pyrrole nitrogens is 1. The number of amides is 3. The van der Waals surface area contributed by atoms with Gasteiger partial charge in [-0.25, -0.2) is 9.59 Å². The summed E-state index contributed by atoms with van der Waals surface area (Å²) in [6.45, 7) is 4.12. The van der Waals surface area contributed by atoms with E-state index < -0.39 is 16.5 Å². The van der Waals surface area contributed by atoms with Gasteiger partial charge in [-0.05, 0) is 63.0 Å². The number of piperidine rings is 3. The summed E-state index contributed by atoms with van der Waals surface area (Å²) in [7, 11) is 0. The van der Waals surface area contributed by atoms with Gasteiger partial charge in [0.1, 0.15) is 17.5 Å². The molecular formula is C32H41Br2N7O4. The molecular weight excluding hydrogens is 706 g/mol. The molecule has 45 heavy (non-hydrogen) atoms. The number of nitrogens with two attached hydrogens (primary N) is 1. The van der Waals surface area contributed by atoms with Crippen molar-refractivity contribution < 1.29 is 14.7 Å². The molecule has 6 rings (SSSR count). The quantitative estimate of drug-likeness (QED) is 0.328. The van der Waals surface area contributed by atoms with E-state index in [1.165, 1.54) is 36.0 Å². The fourth-order valence-corrected chi connectivity index (χ4v) is 8.55. The standard InChI is InChI=1S/C32H41Br2N7O4/c33-20-27(29(43)38-16-11-22(12-17-38)37-14-5-2-6-15-37)40(23-7-3-1-4-8-23)31(45)39-18-13-32(35,28(34)21-39)41-26-19-24(42)9-10-25(26)36-30(41)44/h1,3-4,7-10,19,22,27-28,42H,2,5-6,11-18,20-21,35H2,(H,36,44)/t27-,28?,32?/m0/s1. The van der Waals surface area contributed by atoms with Crippen molar-refractivity contribution in [1.82, 2.24) is 24.3 Å². The number of fused-ring (bicyclic) bond motifs is 1. The van der Waals surface area contributed by atoms with E-state index in [0.717, 1.165) is 25.9 Å². The van der Waals surface area contributed by atoms with E-state index in [1.807, 2.05) is 35.2 Å². The summed E-state index contributed by atoms with van der Waals surface area (Å²) in [6, 6.07) is 13.5. The van der Waals surface area contributed by atoms with Crippen molar-refractivity contribution >= 4 is 60.5 Å². The Hall–Kier alpha value is -2.87. The lowest BCUT2D eigenvalue weighted by atomic mass is 9.97. The molecule has 13 heteroatoms. The van der Waals surface area contributed by atoms with Crippen LogP contribution in [0.5, 0.6) is 5.75 Å². The van der Waals surface area contributed by atoms with E-state index in [-0.39, 0.29) is 42.9 Å². The average Bonchev–Trinajstić information content (AvgIpc) is 3.40. The summed E-state index contributed by atoms with van der Waals surface area (Å²) < 4.78 is 1.47. The Balaban J connectivity index is 1.21. The van der Waals surface area contributed by atoms with Gasteiger partial charge in [0, 0.05) is 55.7 Å². The van der Waals surface area contributed by atoms with Gasteiger partial charge in [-0.1, -0.05) is 56.5 Å². The number of imidazole rings is 1. The van der Waals surface area contributed by atoms with Gasteiger partial charge in [0.15, 0.2) is 0 Å². The highest BCUT2D eigenvalue weighted by molar-refractivity contribution is 9.09. The van der Waals surface area contributed by atoms with Crippen LogP contribution in [0.15, 0.2) is 53.3 Å². The molecule has 0 radical (unpaired) electrons. The van der Waals surface area contributed by atoms with Crippen LogP contribution >= 0.6 is 31.9 Å². The van der Waals surface area contributed by atoms with Crippen LogP contribution in [0.4, 0.5) is 10.5 Å². The van der Waals surface area contributed by atoms with Gasteiger partial charge in [0.25, 0.3) is 0 Å². The summed E-state index contributed by atoms with van der Waals surface area (Å²) in [5, 5.41) is 10.4. The van der Waals surface area contributed by atoms with E-state index in [0.29, 0.717) is 41.2 Å². The van der Waals surface area contributed by atoms with Crippen molar-refractivity contribution in [3.63, 3.8) is 0 Å². The second-order valence-corrected chi connectivity index (χ2v) is 14.2. The number of rotatable bonds is 6. The van der Waals surface area contributed by atoms with Crippen LogP contribution in [0.25, 0.3) is 11.0 Å². The molecule has 3 amide bonds. The topological polar surface area (TPSA) is 131 Å². The predicted octanol–water partition coefficient (Wildman–Crippen LogP) is 3.98. The third-order valence-corrected chi connectivity index (χ3v) is 11.4. The number of hydrogen-bond donors (Lipinski definition) is 3. The van der Waals surface area contributed by atoms with Crippen molar-refractivity contribution in [3.05, 3.63) is 59.0 Å². The molecule has 0 aliphatic carbocycles. The number of phenols is 1. The van der Waals surface area contributed by atoms with Gasteiger partial charge in [-0.15, -0.1) is 0 Å². The van der Waals surface area contributed by atoms with E-state index in [9.17, 15) is 19.5 Å². The number of carbonyl (C=O) groups excluding carboxylic acids is 2. The zero-order valence-corrected chi connectivity index (χ0v) is 28.5. The molecule has 4 N–H and O–H groups in total. The maximum absolute atomic E-state index is 14.4. The SMILES string of the molecule is NC1(n2c(=O)[nH]c3ccc(O)cc32)CCN(C(=O)N(c2ccccc2)[C@@H](CBr)C(=O)N2CCC(N3CCCCC3)CC2)CC1Br. The lowest BCUT2D eigenvalue weighted by molar-refractivity contribution is -0.133. The first-order valence-electron chi connectivity index (χ1n) is 15.8. The van der Waals surface area contributed by atoms with Crippen LogP contribution in [0.3, 0.4) is 0 Å². The van der Waals surface area contributed by atoms with Crippen LogP contribution in [-0.2, 0) is 10.5 Å². The number of halogens is 2. The third kappa shape index (κ3) is 6.28. The van der Waals surface area contributed by atoms with E-state index in [2.05, 4.69) is 41.7 Å². The van der Waals surface area contributed by atoms with Gasteiger partial charge in [-0.2, -0.15) is 0 Å². The summed E-state index contributed by atoms with van der Waals surface area (Å²) in [4.78, 5) is 51.7. The number of likely N-dealkylation sites (tertiary alicyclic amines) is 3. The fraction of sp³-hybridized carbons (Fsp3) is 0.531. The van der Waals surface area contributed by atoms with Crippen LogP contribution in [0, 0.1) is 0 Å². The minimum absolute atomic E-state index is 0.0253. The zero-order valence-electron chi connectivity index (χ0n) is 25.3. The normalized spacial score (nSPS) is 24.1. The highest BCUT2D eigenvalue weighted by Gasteiger charge is 2.46. The van der Waals surface area contributed by atoms with Gasteiger partial charge < -0.3 is 30.5 Å². The molecule has 3 fully saturated rings. The van der Waals surface area contributed by atoms with Gasteiger partial charge in [-0.3, -0.25) is 14.3 Å². The molecule has 0 saturated carbocycles. The number of aromatic hydroxyl groups is 1. The number of urea groups is 1. The van der Waals surface area contributed by atoms with E-state index in [4.69, 9.17) is 5.73 Å². The number of anilines is 1. The molecule has 11 nitrogen and oxygen atoms in total. The first-order chi connectivity index (χ1) is 21.7. The Morgan fingerprint density at radius 1 is 1.02 bits per heavy atom. The highest BCUT2D eigenvalue weighted by atomic mass is 79.9. The largest absolute Gasteiger partial charge is 0.508 e. The maximum Gasteiger partial charge on any atom is 0.328 e. The number of carbonyl (C=O) groups is 2. The number of hydrogen-bond acceptors (Lipinski definition) is 6. The number of para-hydroxylation sites is 1. The predicted molar refractivity (Wildman–Crippen MR) is 182 cm³/mol. The van der Waals surface area contributed by atoms with Gasteiger partial charge in [0.05, 0.1) is 15.9 Å². The van der Waals surface area contributed by atoms with Crippen molar-refractivity contribution in [2.24, 2.45) is 5.73 Å².